The molecule has 6 aromatic carbocycles. The number of primary amides is 1. The number of carbonyl (C=O) groups excluding carboxylic acids is 9. The van der Waals surface area contributed by atoms with Gasteiger partial charge in [0, 0.05) is 74.2 Å². The average molecular weight is 1300 g/mol. The van der Waals surface area contributed by atoms with E-state index in [4.69, 9.17) is 15.2 Å². The smallest absolute Gasteiger partial charge is 0.251 e. The Morgan fingerprint density at radius 2 is 1.09 bits per heavy atom. The lowest BCUT2D eigenvalue weighted by Crippen LogP contribution is -2.55. The summed E-state index contributed by atoms with van der Waals surface area (Å²) >= 11 is 1.49. The molecule has 6 N–H and O–H groups in total. The Morgan fingerprint density at radius 3 is 1.71 bits per heavy atom. The number of hydrogen-bond donors (Lipinski definition) is 5. The van der Waals surface area contributed by atoms with E-state index in [2.05, 4.69) is 21.3 Å². The van der Waals surface area contributed by atoms with Gasteiger partial charge in [0.25, 0.3) is 5.91 Å². The molecule has 0 aromatic heterocycles. The molecule has 0 saturated carbocycles. The van der Waals surface area contributed by atoms with Crippen LogP contribution >= 0.6 is 11.8 Å². The van der Waals surface area contributed by atoms with E-state index < -0.39 is 66.8 Å². The normalized spacial score (nSPS) is 18.8. The molecule has 21 heteroatoms. The zero-order valence-corrected chi connectivity index (χ0v) is 55.3. The molecule has 6 aromatic rings. The Kier molecular flexibility index (Phi) is 26.4. The van der Waals surface area contributed by atoms with Crippen LogP contribution in [0.2, 0.25) is 0 Å². The maximum Gasteiger partial charge on any atom is 0.251 e. The number of fused-ring (bicyclic) bond motifs is 31. The third-order valence-corrected chi connectivity index (χ3v) is 17.3. The van der Waals surface area contributed by atoms with Crippen molar-refractivity contribution >= 4 is 75.7 Å². The Balaban J connectivity index is 1.13. The number of nitrogens with zero attached hydrogens (tertiary/aromatic N) is 4. The second-order valence-electron chi connectivity index (χ2n) is 25.4. The van der Waals surface area contributed by atoms with Gasteiger partial charge < -0.3 is 56.1 Å². The second-order valence-corrected chi connectivity index (χ2v) is 26.5. The molecule has 0 aliphatic carbocycles. The van der Waals surface area contributed by atoms with Gasteiger partial charge in [0.05, 0.1) is 45.1 Å². The molecule has 94 heavy (non-hydrogen) atoms. The Hall–Kier alpha value is -9.24. The molecule has 0 fully saturated rings. The summed E-state index contributed by atoms with van der Waals surface area (Å²) in [4.78, 5) is 134. The van der Waals surface area contributed by atoms with E-state index in [9.17, 15) is 43.2 Å². The van der Waals surface area contributed by atoms with Crippen LogP contribution in [0.15, 0.2) is 146 Å². The van der Waals surface area contributed by atoms with Crippen molar-refractivity contribution in [2.75, 3.05) is 64.9 Å². The van der Waals surface area contributed by atoms with Gasteiger partial charge in [0.2, 0.25) is 54.1 Å². The fourth-order valence-electron chi connectivity index (χ4n) is 11.9. The van der Waals surface area contributed by atoms with E-state index in [0.29, 0.717) is 53.4 Å². The van der Waals surface area contributed by atoms with Crippen molar-refractivity contribution in [3.63, 3.8) is 0 Å². The van der Waals surface area contributed by atoms with Crippen LogP contribution < -0.4 is 36.5 Å². The van der Waals surface area contributed by atoms with Gasteiger partial charge >= 0.3 is 0 Å². The molecular weight excluding hydrogens is 1210 g/mol. The molecule has 20 nitrogen and oxygen atoms in total. The first-order valence-electron chi connectivity index (χ1n) is 32.4. The molecule has 3 heterocycles. The van der Waals surface area contributed by atoms with E-state index in [1.165, 1.54) is 31.4 Å². The monoisotopic (exact) mass is 1300 g/mol. The van der Waals surface area contributed by atoms with Crippen LogP contribution in [0.3, 0.4) is 0 Å². The summed E-state index contributed by atoms with van der Waals surface area (Å²) in [5.74, 6) is -2.33. The van der Waals surface area contributed by atoms with E-state index in [1.807, 2.05) is 143 Å². The van der Waals surface area contributed by atoms with Gasteiger partial charge in [-0.2, -0.15) is 11.8 Å². The number of nitrogens with one attached hydrogen (secondary N) is 4. The molecule has 2 bridgehead atoms. The lowest BCUT2D eigenvalue weighted by molar-refractivity contribution is -0.138. The summed E-state index contributed by atoms with van der Waals surface area (Å²) in [6.07, 6.45) is 1.26. The highest BCUT2D eigenvalue weighted by atomic mass is 32.2. The predicted octanol–water partition coefficient (Wildman–Crippen LogP) is 7.03. The summed E-state index contributed by atoms with van der Waals surface area (Å²) in [6.45, 7) is 7.71. The highest BCUT2D eigenvalue weighted by Crippen LogP contribution is 2.33. The quantitative estimate of drug-likeness (QED) is 0.0650. The van der Waals surface area contributed by atoms with Gasteiger partial charge in [-0.1, -0.05) is 149 Å². The molecule has 498 valence electrons. The first-order chi connectivity index (χ1) is 45.2. The van der Waals surface area contributed by atoms with Gasteiger partial charge in [-0.05, 0) is 107 Å². The topological polar surface area (TPSA) is 259 Å². The fourth-order valence-corrected chi connectivity index (χ4v) is 12.8. The summed E-state index contributed by atoms with van der Waals surface area (Å²) in [6, 6.07) is 41.8. The van der Waals surface area contributed by atoms with Gasteiger partial charge in [-0.25, -0.2) is 0 Å². The Morgan fingerprint density at radius 1 is 0.553 bits per heavy atom. The van der Waals surface area contributed by atoms with Crippen molar-refractivity contribution in [3.05, 3.63) is 179 Å². The van der Waals surface area contributed by atoms with Crippen LogP contribution in [0.1, 0.15) is 98.5 Å². The van der Waals surface area contributed by atoms with Crippen LogP contribution in [0.5, 0.6) is 11.5 Å². The minimum Gasteiger partial charge on any atom is -0.454 e. The van der Waals surface area contributed by atoms with Gasteiger partial charge in [0.15, 0.2) is 11.5 Å². The highest BCUT2D eigenvalue weighted by Gasteiger charge is 2.31. The minimum atomic E-state index is -0.831. The fraction of sp³-hybridized carbons (Fsp3) is 0.411. The maximum atomic E-state index is 15.0. The lowest BCUT2D eigenvalue weighted by Gasteiger charge is -2.32. The number of nitrogens with two attached hydrogens (primary N) is 1. The van der Waals surface area contributed by atoms with Crippen molar-refractivity contribution in [1.29, 1.82) is 0 Å². The predicted molar refractivity (Wildman–Crippen MR) is 363 cm³/mol. The Labute approximate surface area is 555 Å². The largest absolute Gasteiger partial charge is 0.454 e. The van der Waals surface area contributed by atoms with Crippen LogP contribution in [-0.2, 0) is 69.8 Å². The summed E-state index contributed by atoms with van der Waals surface area (Å²) < 4.78 is 11.2. The summed E-state index contributed by atoms with van der Waals surface area (Å²) in [7, 11) is 0. The van der Waals surface area contributed by atoms with E-state index in [-0.39, 0.29) is 114 Å². The molecule has 0 unspecified atom stereocenters. The lowest BCUT2D eigenvalue weighted by atomic mass is 10.0. The second kappa shape index (κ2) is 35.1. The highest BCUT2D eigenvalue weighted by molar-refractivity contribution is 7.98. The minimum absolute atomic E-state index is 0.00303. The summed E-state index contributed by atoms with van der Waals surface area (Å²) in [5.41, 5.74) is 10.1. The number of rotatable bonds is 15. The SMILES string of the molecule is CC(C)C[C@H]1CN(CC(N)=O)C(=O)CCSCc2ccc(cc2)C(=O)N[C@@H](C)CN(C(=O)Cc2ccc3ccccc3c2)CC(=O)N[C@@H](CC(C)C)CN(C(=O)CCc2ccccc2)CC(=O)N[C@@H](Cc2ccccc2)CN(C(=O)Cc2ccc3c(c2)OCO3)CC(=O)N1. The average Bonchev–Trinajstić information content (AvgIpc) is 1.53. The van der Waals surface area contributed by atoms with Gasteiger partial charge in [-0.15, -0.1) is 0 Å². The van der Waals surface area contributed by atoms with Gasteiger partial charge in [0.1, 0.15) is 0 Å². The molecule has 3 aliphatic rings. The van der Waals surface area contributed by atoms with Crippen molar-refractivity contribution in [1.82, 2.24) is 40.9 Å². The third kappa shape index (κ3) is 22.8. The van der Waals surface area contributed by atoms with Crippen molar-refractivity contribution in [2.24, 2.45) is 17.6 Å². The van der Waals surface area contributed by atoms with Crippen molar-refractivity contribution in [3.8, 4) is 11.5 Å². The number of aryl methyl sites for hydroxylation is 1. The molecule has 9 rings (SSSR count). The van der Waals surface area contributed by atoms with E-state index in [0.717, 1.165) is 33.0 Å². The molecular formula is C73H89N9O11S. The molecule has 3 aliphatic heterocycles. The van der Waals surface area contributed by atoms with Crippen LogP contribution in [0.25, 0.3) is 10.8 Å². The molecule has 9 amide bonds. The number of ether oxygens (including phenoxy) is 2. The van der Waals surface area contributed by atoms with E-state index in [1.54, 1.807) is 37.3 Å². The van der Waals surface area contributed by atoms with Crippen molar-refractivity contribution < 1.29 is 52.6 Å². The van der Waals surface area contributed by atoms with Crippen LogP contribution in [0, 0.1) is 11.8 Å². The van der Waals surface area contributed by atoms with E-state index >= 15 is 0 Å². The zero-order valence-electron chi connectivity index (χ0n) is 54.5. The number of hydrogen-bond acceptors (Lipinski definition) is 12. The number of benzene rings is 6. The Bertz CT molecular complexity index is 3570. The standard InChI is InChI=1S/C73H89N9O11S/c1-49(2)32-60-40-80(43-65(74)83)70(88)30-31-94-47-54-20-26-58(27-21-54)73(91)75-51(5)39-79(71(89)37-55-22-25-57-18-12-13-19-59(57)34-55)44-66(84)77-61(33-50(3)4)41-81(69(87)29-24-52-14-8-6-9-15-52)45-67(85)78-62(35-53-16-10-7-11-17-53)42-82(46-68(86)76-60)72(90)38-56-23-28-63-64(36-56)93-48-92-63/h6-23,25-28,34,36,49-51,60-62H,24,29-33,35,37-48H2,1-5H3,(H2,74,83)(H,75,91)(H,76,86)(H,77,84)(H,78,85)/t51-,60-,61-,62-/m0/s1. The third-order valence-electron chi connectivity index (χ3n) is 16.3. The van der Waals surface area contributed by atoms with Crippen LogP contribution in [-0.4, -0.2) is 162 Å². The van der Waals surface area contributed by atoms with Crippen molar-refractivity contribution in [2.45, 2.75) is 116 Å². The van der Waals surface area contributed by atoms with Crippen LogP contribution in [0.4, 0.5) is 0 Å². The molecule has 0 spiro atoms. The molecule has 0 saturated heterocycles. The zero-order chi connectivity index (χ0) is 67.1. The number of carbonyl (C=O) groups is 9. The first-order valence-corrected chi connectivity index (χ1v) is 33.5. The molecule has 4 atom stereocenters. The summed E-state index contributed by atoms with van der Waals surface area (Å²) in [5, 5.41) is 14.3. The number of amides is 9. The first kappa shape index (κ1) is 70.6. The number of thioether (sulfide) groups is 1. The molecule has 0 radical (unpaired) electrons. The maximum absolute atomic E-state index is 15.0. The van der Waals surface area contributed by atoms with Gasteiger partial charge in [-0.3, -0.25) is 43.2 Å².